The minimum atomic E-state index is -0.456. The molecule has 0 saturated heterocycles. The first kappa shape index (κ1) is 17.5. The molecule has 4 nitrogen and oxygen atoms in total. The van der Waals surface area contributed by atoms with Gasteiger partial charge in [-0.2, -0.15) is 0 Å². The Labute approximate surface area is 138 Å². The summed E-state index contributed by atoms with van der Waals surface area (Å²) in [5.74, 6) is 1.38. The summed E-state index contributed by atoms with van der Waals surface area (Å²) in [6.07, 6.45) is 0.915. The van der Waals surface area contributed by atoms with Gasteiger partial charge in [0.05, 0.1) is 5.69 Å². The molecule has 1 amide bonds. The van der Waals surface area contributed by atoms with Gasteiger partial charge in [-0.3, -0.25) is 9.59 Å². The van der Waals surface area contributed by atoms with E-state index in [1.165, 1.54) is 0 Å². The SMILES string of the molecule is CCC(=O)c1ccc2c(c1)N(CCC(C)C)C(=O)C(C(C)C)O2. The van der Waals surface area contributed by atoms with E-state index >= 15 is 0 Å². The molecule has 0 N–H and O–H groups in total. The monoisotopic (exact) mass is 317 g/mol. The predicted octanol–water partition coefficient (Wildman–Crippen LogP) is 4.08. The zero-order chi connectivity index (χ0) is 17.1. The molecule has 1 aliphatic heterocycles. The topological polar surface area (TPSA) is 46.6 Å². The Bertz CT molecular complexity index is 592. The van der Waals surface area contributed by atoms with E-state index in [0.29, 0.717) is 30.2 Å². The molecular weight excluding hydrogens is 290 g/mol. The number of ketones is 1. The maximum atomic E-state index is 12.8. The number of ether oxygens (including phenoxy) is 1. The minimum Gasteiger partial charge on any atom is -0.478 e. The summed E-state index contributed by atoms with van der Waals surface area (Å²) in [5.41, 5.74) is 1.37. The number of Topliss-reactive ketones (excluding diaryl/α,β-unsaturated/α-hetero) is 1. The average Bonchev–Trinajstić information content (AvgIpc) is 2.51. The molecule has 0 saturated carbocycles. The lowest BCUT2D eigenvalue weighted by Crippen LogP contribution is -2.48. The van der Waals surface area contributed by atoms with Gasteiger partial charge in [0.25, 0.3) is 5.91 Å². The van der Waals surface area contributed by atoms with Crippen LogP contribution in [0.2, 0.25) is 0 Å². The number of carbonyl (C=O) groups is 2. The van der Waals surface area contributed by atoms with E-state index in [9.17, 15) is 9.59 Å². The van der Waals surface area contributed by atoms with Crippen molar-refractivity contribution in [2.75, 3.05) is 11.4 Å². The fourth-order valence-electron chi connectivity index (χ4n) is 2.70. The van der Waals surface area contributed by atoms with E-state index in [0.717, 1.165) is 12.1 Å². The van der Waals surface area contributed by atoms with Crippen LogP contribution in [0.1, 0.15) is 57.8 Å². The zero-order valence-electron chi connectivity index (χ0n) is 14.8. The summed E-state index contributed by atoms with van der Waals surface area (Å²) in [6.45, 7) is 10.8. The summed E-state index contributed by atoms with van der Waals surface area (Å²) in [6, 6.07) is 5.41. The molecule has 1 unspecified atom stereocenters. The fourth-order valence-corrected chi connectivity index (χ4v) is 2.70. The third-order valence-corrected chi connectivity index (χ3v) is 4.19. The maximum Gasteiger partial charge on any atom is 0.268 e. The largest absolute Gasteiger partial charge is 0.478 e. The number of carbonyl (C=O) groups excluding carboxylic acids is 2. The fraction of sp³-hybridized carbons (Fsp3) is 0.579. The standard InChI is InChI=1S/C19H27NO3/c1-6-16(21)14-7-8-17-15(11-14)20(10-9-12(2)3)19(22)18(23-17)13(4)5/h7-8,11-13,18H,6,9-10H2,1-5H3. The molecule has 2 rings (SSSR count). The third-order valence-electron chi connectivity index (χ3n) is 4.19. The molecule has 23 heavy (non-hydrogen) atoms. The van der Waals surface area contributed by atoms with Gasteiger partial charge >= 0.3 is 0 Å². The zero-order valence-corrected chi connectivity index (χ0v) is 14.8. The van der Waals surface area contributed by atoms with E-state index < -0.39 is 6.10 Å². The van der Waals surface area contributed by atoms with Crippen molar-refractivity contribution in [1.82, 2.24) is 0 Å². The van der Waals surface area contributed by atoms with Gasteiger partial charge in [0, 0.05) is 18.5 Å². The van der Waals surface area contributed by atoms with Crippen LogP contribution in [0.25, 0.3) is 0 Å². The van der Waals surface area contributed by atoms with Crippen LogP contribution in [-0.4, -0.2) is 24.3 Å². The third kappa shape index (κ3) is 3.74. The van der Waals surface area contributed by atoms with Crippen molar-refractivity contribution >= 4 is 17.4 Å². The Morgan fingerprint density at radius 1 is 1.26 bits per heavy atom. The van der Waals surface area contributed by atoms with Crippen molar-refractivity contribution in [3.8, 4) is 5.75 Å². The average molecular weight is 317 g/mol. The molecule has 1 atom stereocenters. The minimum absolute atomic E-state index is 0.00533. The lowest BCUT2D eigenvalue weighted by atomic mass is 10.0. The molecule has 0 radical (unpaired) electrons. The number of nitrogens with zero attached hydrogens (tertiary/aromatic N) is 1. The Morgan fingerprint density at radius 2 is 1.96 bits per heavy atom. The van der Waals surface area contributed by atoms with Gasteiger partial charge in [0.15, 0.2) is 11.9 Å². The Kier molecular flexibility index (Phi) is 5.45. The predicted molar refractivity (Wildman–Crippen MR) is 92.1 cm³/mol. The summed E-state index contributed by atoms with van der Waals surface area (Å²) in [4.78, 5) is 26.6. The first-order valence-corrected chi connectivity index (χ1v) is 8.50. The molecule has 1 aliphatic rings. The molecule has 0 bridgehead atoms. The highest BCUT2D eigenvalue weighted by atomic mass is 16.5. The highest BCUT2D eigenvalue weighted by Gasteiger charge is 2.36. The highest BCUT2D eigenvalue weighted by Crippen LogP contribution is 2.37. The van der Waals surface area contributed by atoms with Gasteiger partial charge in [0.1, 0.15) is 5.75 Å². The van der Waals surface area contributed by atoms with Crippen molar-refractivity contribution in [3.05, 3.63) is 23.8 Å². The van der Waals surface area contributed by atoms with Gasteiger partial charge in [-0.05, 0) is 36.5 Å². The van der Waals surface area contributed by atoms with Gasteiger partial charge in [0.2, 0.25) is 0 Å². The quantitative estimate of drug-likeness (QED) is 0.743. The van der Waals surface area contributed by atoms with E-state index in [1.54, 1.807) is 17.0 Å². The Balaban J connectivity index is 2.42. The second-order valence-corrected chi connectivity index (χ2v) is 6.91. The van der Waals surface area contributed by atoms with E-state index in [2.05, 4.69) is 13.8 Å². The molecular formula is C19H27NO3. The van der Waals surface area contributed by atoms with Crippen LogP contribution in [-0.2, 0) is 4.79 Å². The highest BCUT2D eigenvalue weighted by molar-refractivity contribution is 6.03. The van der Waals surface area contributed by atoms with Gasteiger partial charge in [-0.25, -0.2) is 0 Å². The molecule has 0 aromatic heterocycles. The van der Waals surface area contributed by atoms with Crippen LogP contribution in [0.3, 0.4) is 0 Å². The van der Waals surface area contributed by atoms with Gasteiger partial charge in [-0.15, -0.1) is 0 Å². The van der Waals surface area contributed by atoms with Crippen LogP contribution >= 0.6 is 0 Å². The second kappa shape index (κ2) is 7.16. The Morgan fingerprint density at radius 3 is 2.52 bits per heavy atom. The van der Waals surface area contributed by atoms with E-state index in [1.807, 2.05) is 26.8 Å². The normalized spacial score (nSPS) is 17.4. The molecule has 1 aromatic rings. The second-order valence-electron chi connectivity index (χ2n) is 6.91. The number of rotatable bonds is 6. The molecule has 4 heteroatoms. The molecule has 1 heterocycles. The number of benzene rings is 1. The van der Waals surface area contributed by atoms with Crippen molar-refractivity contribution < 1.29 is 14.3 Å². The van der Waals surface area contributed by atoms with Crippen molar-refractivity contribution in [2.24, 2.45) is 11.8 Å². The lowest BCUT2D eigenvalue weighted by molar-refractivity contribution is -0.128. The van der Waals surface area contributed by atoms with E-state index in [4.69, 9.17) is 4.74 Å². The van der Waals surface area contributed by atoms with Gasteiger partial charge in [-0.1, -0.05) is 34.6 Å². The number of anilines is 1. The van der Waals surface area contributed by atoms with Crippen molar-refractivity contribution in [2.45, 2.75) is 53.6 Å². The number of hydrogen-bond acceptors (Lipinski definition) is 3. The molecule has 0 aliphatic carbocycles. The van der Waals surface area contributed by atoms with Crippen LogP contribution in [0, 0.1) is 11.8 Å². The van der Waals surface area contributed by atoms with Crippen molar-refractivity contribution in [1.29, 1.82) is 0 Å². The lowest BCUT2D eigenvalue weighted by Gasteiger charge is -2.36. The number of fused-ring (bicyclic) bond motifs is 1. The van der Waals surface area contributed by atoms with Crippen LogP contribution < -0.4 is 9.64 Å². The number of hydrogen-bond donors (Lipinski definition) is 0. The maximum absolute atomic E-state index is 12.8. The molecule has 126 valence electrons. The molecule has 0 spiro atoms. The first-order valence-electron chi connectivity index (χ1n) is 8.50. The summed E-state index contributed by atoms with van der Waals surface area (Å²) < 4.78 is 5.91. The van der Waals surface area contributed by atoms with Crippen LogP contribution in [0.15, 0.2) is 18.2 Å². The van der Waals surface area contributed by atoms with Crippen LogP contribution in [0.4, 0.5) is 5.69 Å². The van der Waals surface area contributed by atoms with E-state index in [-0.39, 0.29) is 17.6 Å². The Hall–Kier alpha value is -1.84. The molecule has 1 aromatic carbocycles. The summed E-state index contributed by atoms with van der Waals surface area (Å²) in [5, 5.41) is 0. The van der Waals surface area contributed by atoms with Gasteiger partial charge < -0.3 is 9.64 Å². The molecule has 0 fully saturated rings. The van der Waals surface area contributed by atoms with Crippen LogP contribution in [0.5, 0.6) is 5.75 Å². The number of amides is 1. The van der Waals surface area contributed by atoms with Crippen molar-refractivity contribution in [3.63, 3.8) is 0 Å². The first-order chi connectivity index (χ1) is 10.8. The summed E-state index contributed by atoms with van der Waals surface area (Å²) in [7, 11) is 0. The smallest absolute Gasteiger partial charge is 0.268 e. The summed E-state index contributed by atoms with van der Waals surface area (Å²) >= 11 is 0.